The van der Waals surface area contributed by atoms with Crippen molar-refractivity contribution in [3.05, 3.63) is 68.2 Å². The third kappa shape index (κ3) is 4.55. The van der Waals surface area contributed by atoms with Crippen molar-refractivity contribution in [3.8, 4) is 0 Å². The zero-order valence-corrected chi connectivity index (χ0v) is 18.0. The summed E-state index contributed by atoms with van der Waals surface area (Å²) in [6.45, 7) is 0.237. The minimum Gasteiger partial charge on any atom is -0.389 e. The van der Waals surface area contributed by atoms with Gasteiger partial charge in [-0.05, 0) is 27.5 Å². The number of nitrogens with zero attached hydrogens (tertiary/aromatic N) is 4. The molecule has 2 aliphatic rings. The Morgan fingerprint density at radius 3 is 2.86 bits per heavy atom. The van der Waals surface area contributed by atoms with Gasteiger partial charge >= 0.3 is 0 Å². The van der Waals surface area contributed by atoms with E-state index >= 15 is 0 Å². The fourth-order valence-corrected chi connectivity index (χ4v) is 5.07. The predicted molar refractivity (Wildman–Crippen MR) is 110 cm³/mol. The first-order valence-corrected chi connectivity index (χ1v) is 10.8. The number of aliphatic hydroxyl groups excluding tert-OH is 1. The van der Waals surface area contributed by atoms with Crippen LogP contribution in [0.5, 0.6) is 0 Å². The van der Waals surface area contributed by atoms with Crippen molar-refractivity contribution in [3.63, 3.8) is 0 Å². The minimum atomic E-state index is -1.10. The molecule has 0 bridgehead atoms. The van der Waals surface area contributed by atoms with Crippen molar-refractivity contribution in [2.45, 2.75) is 41.0 Å². The van der Waals surface area contributed by atoms with Crippen LogP contribution in [-0.2, 0) is 14.2 Å². The van der Waals surface area contributed by atoms with Crippen molar-refractivity contribution >= 4 is 39.3 Å². The maximum Gasteiger partial charge on any atom is 0.184 e. The molecule has 11 heteroatoms. The number of halogens is 2. The molecule has 0 radical (unpaired) electrons. The molecule has 2 aromatic rings. The number of azide groups is 1. The summed E-state index contributed by atoms with van der Waals surface area (Å²) < 4.78 is 18.5. The Balaban J connectivity index is 1.56. The lowest BCUT2D eigenvalue weighted by molar-refractivity contribution is -0.297. The van der Waals surface area contributed by atoms with Gasteiger partial charge < -0.3 is 19.3 Å². The van der Waals surface area contributed by atoms with Crippen molar-refractivity contribution in [2.24, 2.45) is 5.11 Å². The summed E-state index contributed by atoms with van der Waals surface area (Å²) in [4.78, 5) is 7.75. The van der Waals surface area contributed by atoms with E-state index < -0.39 is 36.1 Å². The van der Waals surface area contributed by atoms with Gasteiger partial charge in [0.05, 0.1) is 17.7 Å². The molecule has 1 N–H and O–H groups in total. The van der Waals surface area contributed by atoms with E-state index in [-0.39, 0.29) is 6.61 Å². The summed E-state index contributed by atoms with van der Waals surface area (Å²) in [6, 6.07) is 10.3. The molecular weight excluding hydrogens is 484 g/mol. The molecule has 2 fully saturated rings. The highest BCUT2D eigenvalue weighted by atomic mass is 79.9. The molecule has 2 saturated heterocycles. The van der Waals surface area contributed by atoms with E-state index in [0.717, 1.165) is 5.56 Å². The highest BCUT2D eigenvalue weighted by Crippen LogP contribution is 2.41. The van der Waals surface area contributed by atoms with Gasteiger partial charge in [0.1, 0.15) is 28.4 Å². The number of fused-ring (bicyclic) bond motifs is 1. The Labute approximate surface area is 184 Å². The summed E-state index contributed by atoms with van der Waals surface area (Å²) in [7, 11) is 0. The van der Waals surface area contributed by atoms with Gasteiger partial charge in [-0.2, -0.15) is 0 Å². The maximum atomic E-state index is 10.9. The van der Waals surface area contributed by atoms with E-state index in [1.807, 2.05) is 30.3 Å². The van der Waals surface area contributed by atoms with Crippen molar-refractivity contribution < 1.29 is 19.3 Å². The number of aromatic nitrogens is 1. The molecule has 1 aromatic carbocycles. The van der Waals surface area contributed by atoms with E-state index in [0.29, 0.717) is 14.5 Å². The highest BCUT2D eigenvalue weighted by Gasteiger charge is 2.49. The fourth-order valence-electron chi connectivity index (χ4n) is 3.26. The molecular formula is C18H16BrClN4O4S. The predicted octanol–water partition coefficient (Wildman–Crippen LogP) is 4.47. The van der Waals surface area contributed by atoms with Crippen LogP contribution in [0.3, 0.4) is 0 Å². The van der Waals surface area contributed by atoms with Crippen LogP contribution in [0, 0.1) is 0 Å². The van der Waals surface area contributed by atoms with Crippen LogP contribution >= 0.6 is 39.3 Å². The van der Waals surface area contributed by atoms with Crippen molar-refractivity contribution in [1.29, 1.82) is 0 Å². The zero-order valence-electron chi connectivity index (χ0n) is 14.8. The largest absolute Gasteiger partial charge is 0.389 e. The second-order valence-electron chi connectivity index (χ2n) is 6.47. The van der Waals surface area contributed by atoms with Crippen LogP contribution in [0.15, 0.2) is 57.2 Å². The Bertz CT molecular complexity index is 920. The lowest BCUT2D eigenvalue weighted by atomic mass is 9.97. The van der Waals surface area contributed by atoms with Crippen LogP contribution < -0.4 is 0 Å². The lowest BCUT2D eigenvalue weighted by Crippen LogP contribution is -2.60. The van der Waals surface area contributed by atoms with Gasteiger partial charge in [0.2, 0.25) is 0 Å². The molecule has 2 aliphatic heterocycles. The topological polar surface area (TPSA) is 110 Å². The summed E-state index contributed by atoms with van der Waals surface area (Å²) in [5, 5.41) is 15.1. The molecule has 4 rings (SSSR count). The minimum absolute atomic E-state index is 0.237. The van der Waals surface area contributed by atoms with Gasteiger partial charge in [-0.25, -0.2) is 4.98 Å². The van der Waals surface area contributed by atoms with Crippen molar-refractivity contribution in [2.75, 3.05) is 6.61 Å². The van der Waals surface area contributed by atoms with Crippen molar-refractivity contribution in [1.82, 2.24) is 4.98 Å². The first-order chi connectivity index (χ1) is 14.1. The molecule has 6 atom stereocenters. The van der Waals surface area contributed by atoms with E-state index in [1.165, 1.54) is 18.0 Å². The Hall–Kier alpha value is -1.36. The first-order valence-electron chi connectivity index (χ1n) is 8.74. The summed E-state index contributed by atoms with van der Waals surface area (Å²) in [6.07, 6.45) is -1.35. The zero-order chi connectivity index (χ0) is 20.4. The molecule has 0 spiro atoms. The van der Waals surface area contributed by atoms with Gasteiger partial charge in [-0.3, -0.25) is 0 Å². The van der Waals surface area contributed by atoms with Gasteiger partial charge in [0.25, 0.3) is 0 Å². The van der Waals surface area contributed by atoms with Gasteiger partial charge in [0.15, 0.2) is 6.29 Å². The first kappa shape index (κ1) is 20.9. The molecule has 1 aromatic heterocycles. The number of hydrogen-bond donors (Lipinski definition) is 1. The van der Waals surface area contributed by atoms with E-state index in [9.17, 15) is 5.11 Å². The third-order valence-electron chi connectivity index (χ3n) is 4.61. The number of thioether (sulfide) groups is 1. The second-order valence-corrected chi connectivity index (χ2v) is 8.79. The number of hydrogen-bond acceptors (Lipinski definition) is 7. The summed E-state index contributed by atoms with van der Waals surface area (Å²) in [5.41, 5.74) is 9.16. The number of rotatable bonds is 4. The molecule has 8 nitrogen and oxygen atoms in total. The van der Waals surface area contributed by atoms with E-state index in [1.54, 1.807) is 6.07 Å². The highest BCUT2D eigenvalue weighted by molar-refractivity contribution is 9.10. The average Bonchev–Trinajstić information content (AvgIpc) is 2.74. The third-order valence-corrected chi connectivity index (χ3v) is 6.90. The SMILES string of the molecule is [N-]=[N+]=N[C@@H]1C(O)[C@@H](Sc2cc(Cl)cnc2Br)OC2COC(c3ccccc3)O[C@@H]21. The molecule has 152 valence electrons. The number of ether oxygens (including phenoxy) is 3. The normalized spacial score (nSPS) is 31.6. The Kier molecular flexibility index (Phi) is 6.63. The van der Waals surface area contributed by atoms with Gasteiger partial charge in [-0.15, -0.1) is 0 Å². The average molecular weight is 500 g/mol. The van der Waals surface area contributed by atoms with Gasteiger partial charge in [-0.1, -0.05) is 58.8 Å². The molecule has 3 heterocycles. The van der Waals surface area contributed by atoms with E-state index in [2.05, 4.69) is 30.9 Å². The summed E-state index contributed by atoms with van der Waals surface area (Å²) >= 11 is 10.6. The number of benzene rings is 1. The number of pyridine rings is 1. The number of aliphatic hydroxyl groups is 1. The monoisotopic (exact) mass is 498 g/mol. The molecule has 29 heavy (non-hydrogen) atoms. The quantitative estimate of drug-likeness (QED) is 0.288. The Morgan fingerprint density at radius 2 is 2.10 bits per heavy atom. The second kappa shape index (κ2) is 9.20. The summed E-state index contributed by atoms with van der Waals surface area (Å²) in [5.74, 6) is 0. The van der Waals surface area contributed by atoms with Crippen LogP contribution in [0.4, 0.5) is 0 Å². The van der Waals surface area contributed by atoms with Crippen LogP contribution in [-0.4, -0.2) is 46.5 Å². The van der Waals surface area contributed by atoms with Crippen LogP contribution in [0.1, 0.15) is 11.9 Å². The van der Waals surface area contributed by atoms with E-state index in [4.69, 9.17) is 31.3 Å². The Morgan fingerprint density at radius 1 is 1.31 bits per heavy atom. The van der Waals surface area contributed by atoms with Crippen LogP contribution in [0.25, 0.3) is 10.4 Å². The maximum absolute atomic E-state index is 10.9. The molecule has 0 aliphatic carbocycles. The molecule has 0 saturated carbocycles. The molecule has 0 amide bonds. The fraction of sp³-hybridized carbons (Fsp3) is 0.389. The smallest absolute Gasteiger partial charge is 0.184 e. The molecule has 3 unspecified atom stereocenters. The lowest BCUT2D eigenvalue weighted by Gasteiger charge is -2.46. The van der Waals surface area contributed by atoms with Gasteiger partial charge in [0, 0.05) is 21.6 Å². The standard InChI is InChI=1S/C18H16BrClN4O4S/c19-16-12(6-10(20)7-22-16)29-18-14(25)13(23-24-21)15-11(27-18)8-26-17(28-15)9-4-2-1-3-5-9/h1-7,11,13-15,17-18,25H,8H2/t11?,13-,14?,15+,17?,18-/m1/s1. The van der Waals surface area contributed by atoms with Crippen LogP contribution in [0.2, 0.25) is 5.02 Å².